The van der Waals surface area contributed by atoms with Gasteiger partial charge in [0.25, 0.3) is 0 Å². The van der Waals surface area contributed by atoms with Crippen LogP contribution in [0.3, 0.4) is 0 Å². The van der Waals surface area contributed by atoms with Gasteiger partial charge in [0.2, 0.25) is 0 Å². The number of aliphatic hydroxyl groups excluding tert-OH is 1. The Kier molecular flexibility index (Phi) is 3.39. The fourth-order valence-electron chi connectivity index (χ4n) is 2.20. The second-order valence-electron chi connectivity index (χ2n) is 4.35. The van der Waals surface area contributed by atoms with Gasteiger partial charge in [0.05, 0.1) is 0 Å². The molecule has 0 saturated heterocycles. The minimum Gasteiger partial charge on any atom is -0.396 e. The van der Waals surface area contributed by atoms with Crippen LogP contribution in [0, 0.1) is 0 Å². The molecule has 1 aromatic rings. The summed E-state index contributed by atoms with van der Waals surface area (Å²) in [7, 11) is 0. The molecule has 1 unspecified atom stereocenters. The number of nitrogens with two attached hydrogens (primary N) is 1. The van der Waals surface area contributed by atoms with Crippen LogP contribution >= 0.6 is 0 Å². The van der Waals surface area contributed by atoms with Gasteiger partial charge in [-0.25, -0.2) is 0 Å². The summed E-state index contributed by atoms with van der Waals surface area (Å²) in [4.78, 5) is 0. The topological polar surface area (TPSA) is 46.2 Å². The van der Waals surface area contributed by atoms with Crippen molar-refractivity contribution in [2.75, 3.05) is 13.2 Å². The summed E-state index contributed by atoms with van der Waals surface area (Å²) >= 11 is 0. The summed E-state index contributed by atoms with van der Waals surface area (Å²) in [6.07, 6.45) is 3.40. The number of aliphatic hydroxyl groups is 1. The maximum atomic E-state index is 9.02. The standard InChI is InChI=1S/C13H19NO/c14-9-11(7-8-15)13-4-2-1-3-12(13)10-5-6-10/h1-4,10-11,15H,5-9,14H2. The third-order valence-electron chi connectivity index (χ3n) is 3.22. The van der Waals surface area contributed by atoms with E-state index in [2.05, 4.69) is 24.3 Å². The fourth-order valence-corrected chi connectivity index (χ4v) is 2.20. The van der Waals surface area contributed by atoms with E-state index in [-0.39, 0.29) is 6.61 Å². The molecule has 1 aliphatic carbocycles. The van der Waals surface area contributed by atoms with Crippen molar-refractivity contribution >= 4 is 0 Å². The lowest BCUT2D eigenvalue weighted by Gasteiger charge is -2.17. The molecule has 0 heterocycles. The first kappa shape index (κ1) is 10.7. The van der Waals surface area contributed by atoms with Crippen molar-refractivity contribution in [1.82, 2.24) is 0 Å². The number of hydrogen-bond donors (Lipinski definition) is 2. The van der Waals surface area contributed by atoms with Crippen LogP contribution in [0.25, 0.3) is 0 Å². The zero-order valence-corrected chi connectivity index (χ0v) is 9.02. The highest BCUT2D eigenvalue weighted by atomic mass is 16.3. The average molecular weight is 205 g/mol. The van der Waals surface area contributed by atoms with Crippen LogP contribution in [0.1, 0.15) is 42.2 Å². The van der Waals surface area contributed by atoms with E-state index in [1.807, 2.05) is 0 Å². The maximum Gasteiger partial charge on any atom is 0.0437 e. The minimum atomic E-state index is 0.223. The summed E-state index contributed by atoms with van der Waals surface area (Å²) in [5.74, 6) is 1.08. The molecular formula is C13H19NO. The van der Waals surface area contributed by atoms with Crippen LogP contribution in [0.4, 0.5) is 0 Å². The van der Waals surface area contributed by atoms with Crippen molar-refractivity contribution in [3.05, 3.63) is 35.4 Å². The lowest BCUT2D eigenvalue weighted by molar-refractivity contribution is 0.276. The quantitative estimate of drug-likeness (QED) is 0.772. The normalized spacial score (nSPS) is 17.7. The van der Waals surface area contributed by atoms with Gasteiger partial charge in [-0.15, -0.1) is 0 Å². The van der Waals surface area contributed by atoms with Crippen molar-refractivity contribution in [2.45, 2.75) is 31.1 Å². The third-order valence-corrected chi connectivity index (χ3v) is 3.22. The Balaban J connectivity index is 2.23. The summed E-state index contributed by atoms with van der Waals surface area (Å²) < 4.78 is 0. The molecule has 2 heteroatoms. The Morgan fingerprint density at radius 2 is 2.07 bits per heavy atom. The zero-order chi connectivity index (χ0) is 10.7. The number of benzene rings is 1. The molecule has 0 bridgehead atoms. The van der Waals surface area contributed by atoms with E-state index in [1.165, 1.54) is 24.0 Å². The summed E-state index contributed by atoms with van der Waals surface area (Å²) in [6, 6.07) is 8.55. The SMILES string of the molecule is NCC(CCO)c1ccccc1C1CC1. The molecule has 2 nitrogen and oxygen atoms in total. The minimum absolute atomic E-state index is 0.223. The first-order valence-corrected chi connectivity index (χ1v) is 5.76. The Labute approximate surface area is 91.1 Å². The zero-order valence-electron chi connectivity index (χ0n) is 9.02. The van der Waals surface area contributed by atoms with E-state index in [1.54, 1.807) is 0 Å². The van der Waals surface area contributed by atoms with Gasteiger partial charge in [0.15, 0.2) is 0 Å². The smallest absolute Gasteiger partial charge is 0.0437 e. The Hall–Kier alpha value is -0.860. The lowest BCUT2D eigenvalue weighted by Crippen LogP contribution is -2.15. The second-order valence-corrected chi connectivity index (χ2v) is 4.35. The second kappa shape index (κ2) is 4.77. The molecule has 3 N–H and O–H groups in total. The van der Waals surface area contributed by atoms with Crippen LogP contribution in [0.5, 0.6) is 0 Å². The van der Waals surface area contributed by atoms with Crippen LogP contribution in [0.2, 0.25) is 0 Å². The molecule has 1 saturated carbocycles. The van der Waals surface area contributed by atoms with E-state index >= 15 is 0 Å². The highest BCUT2D eigenvalue weighted by molar-refractivity contribution is 5.36. The van der Waals surface area contributed by atoms with Gasteiger partial charge >= 0.3 is 0 Å². The number of rotatable bonds is 5. The number of hydrogen-bond acceptors (Lipinski definition) is 2. The molecule has 1 aliphatic rings. The van der Waals surface area contributed by atoms with E-state index in [0.717, 1.165) is 12.3 Å². The van der Waals surface area contributed by atoms with Gasteiger partial charge in [-0.2, -0.15) is 0 Å². The van der Waals surface area contributed by atoms with Gasteiger partial charge in [-0.05, 0) is 48.8 Å². The summed E-state index contributed by atoms with van der Waals surface area (Å²) in [5, 5.41) is 9.02. The summed E-state index contributed by atoms with van der Waals surface area (Å²) in [6.45, 7) is 0.852. The Morgan fingerprint density at radius 1 is 1.33 bits per heavy atom. The molecule has 0 radical (unpaired) electrons. The first-order valence-electron chi connectivity index (χ1n) is 5.76. The van der Waals surface area contributed by atoms with Crippen molar-refractivity contribution in [3.8, 4) is 0 Å². The predicted molar refractivity (Wildman–Crippen MR) is 61.9 cm³/mol. The molecule has 0 aliphatic heterocycles. The van der Waals surface area contributed by atoms with E-state index in [9.17, 15) is 0 Å². The molecular weight excluding hydrogens is 186 g/mol. The van der Waals surface area contributed by atoms with Gasteiger partial charge in [0.1, 0.15) is 0 Å². The monoisotopic (exact) mass is 205 g/mol. The molecule has 1 fully saturated rings. The molecule has 0 aromatic heterocycles. The van der Waals surface area contributed by atoms with Gasteiger partial charge < -0.3 is 10.8 Å². The molecule has 1 aromatic carbocycles. The lowest BCUT2D eigenvalue weighted by atomic mass is 9.90. The van der Waals surface area contributed by atoms with Crippen molar-refractivity contribution < 1.29 is 5.11 Å². The molecule has 82 valence electrons. The van der Waals surface area contributed by atoms with Crippen LogP contribution in [-0.4, -0.2) is 18.3 Å². The maximum absolute atomic E-state index is 9.02. The fraction of sp³-hybridized carbons (Fsp3) is 0.538. The van der Waals surface area contributed by atoms with E-state index < -0.39 is 0 Å². The third kappa shape index (κ3) is 2.39. The van der Waals surface area contributed by atoms with Gasteiger partial charge in [-0.1, -0.05) is 24.3 Å². The van der Waals surface area contributed by atoms with Crippen LogP contribution in [0.15, 0.2) is 24.3 Å². The van der Waals surface area contributed by atoms with Crippen LogP contribution in [-0.2, 0) is 0 Å². The molecule has 0 amide bonds. The molecule has 15 heavy (non-hydrogen) atoms. The van der Waals surface area contributed by atoms with Crippen molar-refractivity contribution in [1.29, 1.82) is 0 Å². The highest BCUT2D eigenvalue weighted by Crippen LogP contribution is 2.43. The first-order chi connectivity index (χ1) is 7.36. The van der Waals surface area contributed by atoms with Gasteiger partial charge in [0, 0.05) is 6.61 Å². The van der Waals surface area contributed by atoms with Gasteiger partial charge in [-0.3, -0.25) is 0 Å². The summed E-state index contributed by atoms with van der Waals surface area (Å²) in [5.41, 5.74) is 8.59. The molecule has 2 rings (SSSR count). The average Bonchev–Trinajstić information content (AvgIpc) is 3.10. The Morgan fingerprint density at radius 3 is 2.67 bits per heavy atom. The highest BCUT2D eigenvalue weighted by Gasteiger charge is 2.27. The Bertz CT molecular complexity index is 320. The van der Waals surface area contributed by atoms with Crippen LogP contribution < -0.4 is 5.73 Å². The van der Waals surface area contributed by atoms with Crippen molar-refractivity contribution in [2.24, 2.45) is 5.73 Å². The van der Waals surface area contributed by atoms with E-state index in [4.69, 9.17) is 10.8 Å². The predicted octanol–water partition coefficient (Wildman–Crippen LogP) is 1.99. The molecule has 0 spiro atoms. The van der Waals surface area contributed by atoms with E-state index in [0.29, 0.717) is 12.5 Å². The molecule has 1 atom stereocenters. The van der Waals surface area contributed by atoms with Crippen molar-refractivity contribution in [3.63, 3.8) is 0 Å². The largest absolute Gasteiger partial charge is 0.396 e.